The Hall–Kier alpha value is -3.24. The average Bonchev–Trinajstić information content (AvgIpc) is 2.78. The third-order valence-corrected chi connectivity index (χ3v) is 5.35. The van der Waals surface area contributed by atoms with Crippen LogP contribution in [-0.4, -0.2) is 17.5 Å². The molecule has 2 atom stereocenters. The first kappa shape index (κ1) is 22.4. The van der Waals surface area contributed by atoms with Gasteiger partial charge in [0.1, 0.15) is 11.7 Å². The summed E-state index contributed by atoms with van der Waals surface area (Å²) in [6.45, 7) is 3.47. The monoisotopic (exact) mass is 433 g/mol. The van der Waals surface area contributed by atoms with Gasteiger partial charge in [-0.25, -0.2) is 0 Å². The first-order chi connectivity index (χ1) is 14.9. The Kier molecular flexibility index (Phi) is 7.37. The lowest BCUT2D eigenvalue weighted by molar-refractivity contribution is -0.133. The third-order valence-electron chi connectivity index (χ3n) is 5.10. The smallest absolute Gasteiger partial charge is 0.236 e. The molecule has 31 heavy (non-hydrogen) atoms. The fourth-order valence-corrected chi connectivity index (χ4v) is 3.62. The average molecular weight is 434 g/mol. The molecule has 3 aromatic carbocycles. The highest BCUT2D eigenvalue weighted by atomic mass is 35.5. The quantitative estimate of drug-likeness (QED) is 0.361. The number of para-hydroxylation sites is 1. The molecule has 0 fully saturated rings. The molecular weight excluding hydrogens is 410 g/mol. The maximum absolute atomic E-state index is 13.6. The highest BCUT2D eigenvalue weighted by Crippen LogP contribution is 2.33. The Morgan fingerprint density at radius 3 is 1.87 bits per heavy atom. The van der Waals surface area contributed by atoms with Gasteiger partial charge in [-0.15, -0.1) is 0 Å². The standard InChI is InChI=1S/C26H24ClNO3/c1-17(2)24(29)23(26(31)28-21-11-7-4-8-12-21)22(18-9-5-3-6-10-18)25(30)19-13-15-20(27)16-14-19/h3-17,22-23H,1-2H3,(H,28,31). The van der Waals surface area contributed by atoms with Gasteiger partial charge in [0.05, 0.1) is 5.92 Å². The molecule has 0 aliphatic rings. The number of hydrogen-bond donors (Lipinski definition) is 1. The molecule has 5 heteroatoms. The molecule has 0 aromatic heterocycles. The van der Waals surface area contributed by atoms with Crippen LogP contribution in [0.3, 0.4) is 0 Å². The fourth-order valence-electron chi connectivity index (χ4n) is 3.49. The first-order valence-electron chi connectivity index (χ1n) is 10.1. The number of nitrogens with one attached hydrogen (secondary N) is 1. The molecule has 1 amide bonds. The molecule has 4 nitrogen and oxygen atoms in total. The van der Waals surface area contributed by atoms with E-state index in [0.717, 1.165) is 0 Å². The predicted molar refractivity (Wildman–Crippen MR) is 123 cm³/mol. The molecule has 0 heterocycles. The van der Waals surface area contributed by atoms with Gasteiger partial charge in [0, 0.05) is 22.2 Å². The second-order valence-corrected chi connectivity index (χ2v) is 8.09. The number of halogens is 1. The third kappa shape index (κ3) is 5.47. The van der Waals surface area contributed by atoms with Crippen LogP contribution in [0.5, 0.6) is 0 Å². The van der Waals surface area contributed by atoms with Gasteiger partial charge in [-0.2, -0.15) is 0 Å². The van der Waals surface area contributed by atoms with Gasteiger partial charge < -0.3 is 5.32 Å². The van der Waals surface area contributed by atoms with Crippen LogP contribution in [0.1, 0.15) is 35.7 Å². The zero-order chi connectivity index (χ0) is 22.4. The molecular formula is C26H24ClNO3. The summed E-state index contributed by atoms with van der Waals surface area (Å²) in [5.41, 5.74) is 1.58. The van der Waals surface area contributed by atoms with E-state index in [4.69, 9.17) is 11.6 Å². The van der Waals surface area contributed by atoms with Crippen LogP contribution in [0.25, 0.3) is 0 Å². The van der Waals surface area contributed by atoms with Crippen molar-refractivity contribution in [3.05, 3.63) is 101 Å². The van der Waals surface area contributed by atoms with Crippen molar-refractivity contribution in [2.24, 2.45) is 11.8 Å². The summed E-state index contributed by atoms with van der Waals surface area (Å²) < 4.78 is 0. The molecule has 0 aliphatic carbocycles. The van der Waals surface area contributed by atoms with Crippen molar-refractivity contribution in [3.63, 3.8) is 0 Å². The van der Waals surface area contributed by atoms with Crippen LogP contribution in [-0.2, 0) is 9.59 Å². The number of benzene rings is 3. The fraction of sp³-hybridized carbons (Fsp3) is 0.192. The number of carbonyl (C=O) groups excluding carboxylic acids is 3. The van der Waals surface area contributed by atoms with E-state index in [9.17, 15) is 14.4 Å². The van der Waals surface area contributed by atoms with Crippen molar-refractivity contribution in [2.75, 3.05) is 5.32 Å². The number of carbonyl (C=O) groups is 3. The lowest BCUT2D eigenvalue weighted by Crippen LogP contribution is -2.40. The Morgan fingerprint density at radius 1 is 0.774 bits per heavy atom. The lowest BCUT2D eigenvalue weighted by Gasteiger charge is -2.26. The number of rotatable bonds is 8. The number of hydrogen-bond acceptors (Lipinski definition) is 3. The van der Waals surface area contributed by atoms with E-state index in [-0.39, 0.29) is 11.6 Å². The molecule has 0 saturated heterocycles. The minimum atomic E-state index is -1.18. The summed E-state index contributed by atoms with van der Waals surface area (Å²) in [4.78, 5) is 40.2. The summed E-state index contributed by atoms with van der Waals surface area (Å²) in [6, 6.07) is 24.4. The van der Waals surface area contributed by atoms with Crippen LogP contribution >= 0.6 is 11.6 Å². The van der Waals surface area contributed by atoms with Crippen molar-refractivity contribution in [1.82, 2.24) is 0 Å². The normalized spacial score (nSPS) is 12.8. The summed E-state index contributed by atoms with van der Waals surface area (Å²) in [7, 11) is 0. The van der Waals surface area contributed by atoms with Crippen molar-refractivity contribution in [3.8, 4) is 0 Å². The topological polar surface area (TPSA) is 63.2 Å². The van der Waals surface area contributed by atoms with Gasteiger partial charge in [-0.05, 0) is 42.0 Å². The molecule has 0 saturated carbocycles. The number of ketones is 2. The zero-order valence-electron chi connectivity index (χ0n) is 17.4. The summed E-state index contributed by atoms with van der Waals surface area (Å²) >= 11 is 5.98. The van der Waals surface area contributed by atoms with E-state index in [1.165, 1.54) is 0 Å². The summed E-state index contributed by atoms with van der Waals surface area (Å²) in [6.07, 6.45) is 0. The van der Waals surface area contributed by atoms with E-state index in [0.29, 0.717) is 21.8 Å². The minimum Gasteiger partial charge on any atom is -0.325 e. The molecule has 3 rings (SSSR count). The Labute approximate surface area is 187 Å². The number of amides is 1. The van der Waals surface area contributed by atoms with E-state index in [1.54, 1.807) is 86.6 Å². The van der Waals surface area contributed by atoms with Crippen molar-refractivity contribution >= 4 is 34.8 Å². The van der Waals surface area contributed by atoms with Crippen LogP contribution in [0.2, 0.25) is 5.02 Å². The Bertz CT molecular complexity index is 1050. The molecule has 3 aromatic rings. The van der Waals surface area contributed by atoms with Gasteiger partial charge in [0.15, 0.2) is 5.78 Å². The maximum atomic E-state index is 13.6. The molecule has 2 unspecified atom stereocenters. The molecule has 1 N–H and O–H groups in total. The molecule has 158 valence electrons. The van der Waals surface area contributed by atoms with E-state index >= 15 is 0 Å². The SMILES string of the molecule is CC(C)C(=O)C(C(=O)Nc1ccccc1)C(C(=O)c1ccc(Cl)cc1)c1ccccc1. The molecule has 0 aliphatic heterocycles. The summed E-state index contributed by atoms with van der Waals surface area (Å²) in [5, 5.41) is 3.31. The number of anilines is 1. The maximum Gasteiger partial charge on any atom is 0.236 e. The van der Waals surface area contributed by atoms with Gasteiger partial charge in [0.2, 0.25) is 5.91 Å². The van der Waals surface area contributed by atoms with Crippen molar-refractivity contribution in [2.45, 2.75) is 19.8 Å². The van der Waals surface area contributed by atoms with E-state index in [1.807, 2.05) is 12.1 Å². The van der Waals surface area contributed by atoms with Crippen molar-refractivity contribution in [1.29, 1.82) is 0 Å². The van der Waals surface area contributed by atoms with Gasteiger partial charge in [-0.3, -0.25) is 14.4 Å². The van der Waals surface area contributed by atoms with Gasteiger partial charge >= 0.3 is 0 Å². The Morgan fingerprint density at radius 2 is 1.32 bits per heavy atom. The van der Waals surface area contributed by atoms with Gasteiger partial charge in [0.25, 0.3) is 0 Å². The predicted octanol–water partition coefficient (Wildman–Crippen LogP) is 5.79. The van der Waals surface area contributed by atoms with Crippen LogP contribution in [0.4, 0.5) is 5.69 Å². The minimum absolute atomic E-state index is 0.287. The van der Waals surface area contributed by atoms with E-state index < -0.39 is 23.7 Å². The largest absolute Gasteiger partial charge is 0.325 e. The van der Waals surface area contributed by atoms with Crippen molar-refractivity contribution < 1.29 is 14.4 Å². The zero-order valence-corrected chi connectivity index (χ0v) is 18.2. The van der Waals surface area contributed by atoms with Crippen LogP contribution in [0, 0.1) is 11.8 Å². The van der Waals surface area contributed by atoms with Gasteiger partial charge in [-0.1, -0.05) is 74.0 Å². The lowest BCUT2D eigenvalue weighted by atomic mass is 9.75. The Balaban J connectivity index is 2.08. The second-order valence-electron chi connectivity index (χ2n) is 7.65. The summed E-state index contributed by atoms with van der Waals surface area (Å²) in [5.74, 6) is -3.64. The molecule has 0 radical (unpaired) electrons. The number of Topliss-reactive ketones (excluding diaryl/α,β-unsaturated/α-hetero) is 2. The van der Waals surface area contributed by atoms with Crippen LogP contribution in [0.15, 0.2) is 84.9 Å². The highest BCUT2D eigenvalue weighted by molar-refractivity contribution is 6.30. The van der Waals surface area contributed by atoms with E-state index in [2.05, 4.69) is 5.32 Å². The highest BCUT2D eigenvalue weighted by Gasteiger charge is 2.41. The first-order valence-corrected chi connectivity index (χ1v) is 10.5. The second kappa shape index (κ2) is 10.2. The molecule has 0 spiro atoms. The molecule has 0 bridgehead atoms. The van der Waals surface area contributed by atoms with Crippen LogP contribution < -0.4 is 5.32 Å².